The quantitative estimate of drug-likeness (QED) is 0.692. The van der Waals surface area contributed by atoms with Crippen LogP contribution in [0.25, 0.3) is 10.9 Å². The third-order valence-electron chi connectivity index (χ3n) is 5.74. The summed E-state index contributed by atoms with van der Waals surface area (Å²) in [6.07, 6.45) is 2.46. The maximum atomic E-state index is 13.4. The van der Waals surface area contributed by atoms with Crippen LogP contribution in [0, 0.1) is 13.8 Å². The van der Waals surface area contributed by atoms with Crippen molar-refractivity contribution >= 4 is 28.5 Å². The zero-order chi connectivity index (χ0) is 21.4. The lowest BCUT2D eigenvalue weighted by Gasteiger charge is -2.28. The number of anilines is 1. The third kappa shape index (κ3) is 3.49. The number of likely N-dealkylation sites (tertiary alicyclic amines) is 1. The lowest BCUT2D eigenvalue weighted by Crippen LogP contribution is -2.42. The summed E-state index contributed by atoms with van der Waals surface area (Å²) in [5, 5.41) is 7.95. The fraction of sp³-hybridized carbons (Fsp3) is 0.364. The first-order valence-electron chi connectivity index (χ1n) is 10.2. The molecule has 0 bridgehead atoms. The second kappa shape index (κ2) is 7.78. The summed E-state index contributed by atoms with van der Waals surface area (Å²) in [6.45, 7) is 7.40. The number of fused-ring (bicyclic) bond motifs is 1. The Kier molecular flexibility index (Phi) is 5.15. The maximum Gasteiger partial charge on any atom is 0.272 e. The van der Waals surface area contributed by atoms with Crippen LogP contribution in [0.2, 0.25) is 0 Å². The van der Waals surface area contributed by atoms with Gasteiger partial charge in [-0.1, -0.05) is 6.07 Å². The highest BCUT2D eigenvalue weighted by molar-refractivity contribution is 6.06. The SMILES string of the molecule is CCN(C(=O)c1cc(C)cc2cn[nH]c12)[C@H]1CCN(C(=O)c2nc(N)ccc2C)C1. The Labute approximate surface area is 175 Å². The number of pyridine rings is 1. The van der Waals surface area contributed by atoms with Crippen molar-refractivity contribution in [2.75, 3.05) is 25.4 Å². The van der Waals surface area contributed by atoms with Crippen molar-refractivity contribution in [1.29, 1.82) is 0 Å². The average Bonchev–Trinajstić information content (AvgIpc) is 3.39. The topological polar surface area (TPSA) is 108 Å². The van der Waals surface area contributed by atoms with Gasteiger partial charge in [0.25, 0.3) is 11.8 Å². The van der Waals surface area contributed by atoms with E-state index >= 15 is 0 Å². The molecule has 4 rings (SSSR count). The molecule has 156 valence electrons. The number of likely N-dealkylation sites (N-methyl/N-ethyl adjacent to an activating group) is 1. The number of nitrogens with zero attached hydrogens (tertiary/aromatic N) is 4. The van der Waals surface area contributed by atoms with Crippen molar-refractivity contribution < 1.29 is 9.59 Å². The monoisotopic (exact) mass is 406 g/mol. The summed E-state index contributed by atoms with van der Waals surface area (Å²) in [7, 11) is 0. The molecule has 8 nitrogen and oxygen atoms in total. The van der Waals surface area contributed by atoms with Crippen molar-refractivity contribution in [3.8, 4) is 0 Å². The summed E-state index contributed by atoms with van der Waals surface area (Å²) in [4.78, 5) is 34.2. The van der Waals surface area contributed by atoms with Gasteiger partial charge in [-0.05, 0) is 56.5 Å². The highest BCUT2D eigenvalue weighted by Gasteiger charge is 2.34. The molecule has 3 aromatic rings. The number of nitrogen functional groups attached to an aromatic ring is 1. The summed E-state index contributed by atoms with van der Waals surface area (Å²) >= 11 is 0. The molecular formula is C22H26N6O2. The number of H-pyrrole nitrogens is 1. The first-order valence-corrected chi connectivity index (χ1v) is 10.2. The van der Waals surface area contributed by atoms with Gasteiger partial charge in [0.2, 0.25) is 0 Å². The molecular weight excluding hydrogens is 380 g/mol. The number of benzene rings is 1. The highest BCUT2D eigenvalue weighted by atomic mass is 16.2. The highest BCUT2D eigenvalue weighted by Crippen LogP contribution is 2.24. The van der Waals surface area contributed by atoms with Gasteiger partial charge in [-0.2, -0.15) is 5.10 Å². The number of hydrogen-bond donors (Lipinski definition) is 2. The number of aryl methyl sites for hydroxylation is 2. The van der Waals surface area contributed by atoms with E-state index in [1.807, 2.05) is 37.8 Å². The van der Waals surface area contributed by atoms with Gasteiger partial charge >= 0.3 is 0 Å². The van der Waals surface area contributed by atoms with Crippen LogP contribution in [0.1, 0.15) is 45.3 Å². The molecule has 3 heterocycles. The maximum absolute atomic E-state index is 13.4. The molecule has 30 heavy (non-hydrogen) atoms. The molecule has 0 unspecified atom stereocenters. The van der Waals surface area contributed by atoms with Crippen LogP contribution in [0.5, 0.6) is 0 Å². The van der Waals surface area contributed by atoms with E-state index in [9.17, 15) is 9.59 Å². The van der Waals surface area contributed by atoms with Crippen molar-refractivity contribution in [2.45, 2.75) is 33.2 Å². The Morgan fingerprint density at radius 2 is 2.10 bits per heavy atom. The largest absolute Gasteiger partial charge is 0.384 e. The number of hydrogen-bond acceptors (Lipinski definition) is 5. The Morgan fingerprint density at radius 3 is 2.87 bits per heavy atom. The number of nitrogens with one attached hydrogen (secondary N) is 1. The molecule has 8 heteroatoms. The van der Waals surface area contributed by atoms with Gasteiger partial charge in [0, 0.05) is 25.0 Å². The van der Waals surface area contributed by atoms with E-state index in [0.717, 1.165) is 28.5 Å². The molecule has 1 aliphatic rings. The van der Waals surface area contributed by atoms with Gasteiger partial charge in [-0.15, -0.1) is 0 Å². The van der Waals surface area contributed by atoms with E-state index < -0.39 is 0 Å². The molecule has 0 spiro atoms. The number of aromatic nitrogens is 3. The molecule has 3 N–H and O–H groups in total. The number of carbonyl (C=O) groups is 2. The smallest absolute Gasteiger partial charge is 0.272 e. The van der Waals surface area contributed by atoms with E-state index in [0.29, 0.717) is 36.7 Å². The van der Waals surface area contributed by atoms with Gasteiger partial charge in [0.15, 0.2) is 0 Å². The zero-order valence-electron chi connectivity index (χ0n) is 17.5. The van der Waals surface area contributed by atoms with Gasteiger partial charge in [-0.3, -0.25) is 14.7 Å². The summed E-state index contributed by atoms with van der Waals surface area (Å²) in [5.41, 5.74) is 9.31. The number of carbonyl (C=O) groups excluding carboxylic acids is 2. The lowest BCUT2D eigenvalue weighted by molar-refractivity contribution is 0.0666. The lowest BCUT2D eigenvalue weighted by atomic mass is 10.1. The molecule has 1 saturated heterocycles. The molecule has 2 aromatic heterocycles. The van der Waals surface area contributed by atoms with E-state index in [-0.39, 0.29) is 17.9 Å². The minimum Gasteiger partial charge on any atom is -0.384 e. The van der Waals surface area contributed by atoms with Gasteiger partial charge < -0.3 is 15.5 Å². The van der Waals surface area contributed by atoms with Crippen molar-refractivity contribution in [2.24, 2.45) is 0 Å². The van der Waals surface area contributed by atoms with Gasteiger partial charge in [0.1, 0.15) is 11.5 Å². The molecule has 2 amide bonds. The second-order valence-corrected chi connectivity index (χ2v) is 7.83. The summed E-state index contributed by atoms with van der Waals surface area (Å²) in [6, 6.07) is 7.34. The number of rotatable bonds is 4. The Bertz CT molecular complexity index is 1120. The van der Waals surface area contributed by atoms with Crippen LogP contribution in [0.15, 0.2) is 30.5 Å². The second-order valence-electron chi connectivity index (χ2n) is 7.83. The van der Waals surface area contributed by atoms with Crippen molar-refractivity contribution in [3.63, 3.8) is 0 Å². The number of aromatic amines is 1. The average molecular weight is 406 g/mol. The Balaban J connectivity index is 1.56. The minimum absolute atomic E-state index is 0.0481. The predicted octanol–water partition coefficient (Wildman–Crippen LogP) is 2.53. The van der Waals surface area contributed by atoms with E-state index in [4.69, 9.17) is 5.73 Å². The Hall–Kier alpha value is -3.42. The van der Waals surface area contributed by atoms with Crippen LogP contribution in [-0.4, -0.2) is 62.5 Å². The fourth-order valence-corrected chi connectivity index (χ4v) is 4.19. The zero-order valence-corrected chi connectivity index (χ0v) is 17.5. The van der Waals surface area contributed by atoms with E-state index in [1.54, 1.807) is 23.2 Å². The molecule has 0 saturated carbocycles. The first-order chi connectivity index (χ1) is 14.4. The van der Waals surface area contributed by atoms with Crippen LogP contribution in [-0.2, 0) is 0 Å². The first kappa shape index (κ1) is 19.9. The summed E-state index contributed by atoms with van der Waals surface area (Å²) in [5.74, 6) is 0.137. The number of amides is 2. The van der Waals surface area contributed by atoms with Crippen molar-refractivity contribution in [3.05, 3.63) is 52.8 Å². The molecule has 0 radical (unpaired) electrons. The molecule has 0 aliphatic carbocycles. The van der Waals surface area contributed by atoms with E-state index in [2.05, 4.69) is 15.2 Å². The molecule has 1 aliphatic heterocycles. The predicted molar refractivity (Wildman–Crippen MR) is 115 cm³/mol. The van der Waals surface area contributed by atoms with Crippen LogP contribution >= 0.6 is 0 Å². The van der Waals surface area contributed by atoms with Crippen LogP contribution in [0.4, 0.5) is 5.82 Å². The standard InChI is InChI=1S/C22H26N6O2/c1-4-28(21(29)17-10-13(2)9-15-11-24-26-20(15)17)16-7-8-27(12-16)22(30)19-14(3)5-6-18(23)25-19/h5-6,9-11,16H,4,7-8,12H2,1-3H3,(H2,23,25)(H,24,26)/t16-/m0/s1. The number of nitrogens with two attached hydrogens (primary N) is 1. The van der Waals surface area contributed by atoms with Crippen LogP contribution < -0.4 is 5.73 Å². The normalized spacial score (nSPS) is 16.2. The fourth-order valence-electron chi connectivity index (χ4n) is 4.19. The minimum atomic E-state index is -0.141. The third-order valence-corrected chi connectivity index (χ3v) is 5.74. The van der Waals surface area contributed by atoms with Crippen molar-refractivity contribution in [1.82, 2.24) is 25.0 Å². The molecule has 1 aromatic carbocycles. The van der Waals surface area contributed by atoms with E-state index in [1.165, 1.54) is 0 Å². The molecule has 1 atom stereocenters. The Morgan fingerprint density at radius 1 is 1.30 bits per heavy atom. The van der Waals surface area contributed by atoms with Crippen LogP contribution in [0.3, 0.4) is 0 Å². The summed E-state index contributed by atoms with van der Waals surface area (Å²) < 4.78 is 0. The molecule has 1 fully saturated rings. The van der Waals surface area contributed by atoms with Gasteiger partial charge in [0.05, 0.1) is 23.3 Å². The van der Waals surface area contributed by atoms with Gasteiger partial charge in [-0.25, -0.2) is 4.98 Å².